The van der Waals surface area contributed by atoms with E-state index in [0.29, 0.717) is 11.3 Å². The predicted octanol–water partition coefficient (Wildman–Crippen LogP) is 0.852. The molecular weight excluding hydrogens is 132 g/mol. The Kier molecular flexibility index (Phi) is 1.66. The second-order valence-corrected chi connectivity index (χ2v) is 2.24. The molecule has 0 aromatic heterocycles. The summed E-state index contributed by atoms with van der Waals surface area (Å²) in [6, 6.07) is 0. The molecule has 0 N–H and O–H groups in total. The minimum atomic E-state index is -0.274. The smallest absolute Gasteiger partial charge is 0.337 e. The van der Waals surface area contributed by atoms with Gasteiger partial charge < -0.3 is 9.47 Å². The minimum absolute atomic E-state index is 0.211. The zero-order chi connectivity index (χ0) is 7.72. The Morgan fingerprint density at radius 2 is 2.20 bits per heavy atom. The van der Waals surface area contributed by atoms with E-state index in [-0.39, 0.29) is 12.1 Å². The largest absolute Gasteiger partial charge is 0.497 e. The normalized spacial score (nSPS) is 25.1. The number of hydrogen-bond donors (Lipinski definition) is 0. The van der Waals surface area contributed by atoms with Gasteiger partial charge in [0.15, 0.2) is 6.10 Å². The summed E-state index contributed by atoms with van der Waals surface area (Å²) < 4.78 is 9.78. The SMILES string of the molecule is COC1=C(C)C(=O)OC1C. The van der Waals surface area contributed by atoms with Gasteiger partial charge >= 0.3 is 5.97 Å². The zero-order valence-corrected chi connectivity index (χ0v) is 6.30. The van der Waals surface area contributed by atoms with Gasteiger partial charge in [0.25, 0.3) is 0 Å². The number of ether oxygens (including phenoxy) is 2. The Labute approximate surface area is 59.6 Å². The number of carbonyl (C=O) groups is 1. The van der Waals surface area contributed by atoms with Crippen LogP contribution in [0.15, 0.2) is 11.3 Å². The molecule has 1 aliphatic rings. The average Bonchev–Trinajstić information content (AvgIpc) is 2.09. The van der Waals surface area contributed by atoms with Crippen molar-refractivity contribution in [3.63, 3.8) is 0 Å². The second kappa shape index (κ2) is 2.33. The monoisotopic (exact) mass is 142 g/mol. The highest BCUT2D eigenvalue weighted by molar-refractivity contribution is 5.91. The van der Waals surface area contributed by atoms with Gasteiger partial charge in [0.1, 0.15) is 5.76 Å². The summed E-state index contributed by atoms with van der Waals surface area (Å²) in [6.45, 7) is 3.48. The molecule has 0 aromatic rings. The molecular formula is C7H10O3. The number of cyclic esters (lactones) is 1. The fourth-order valence-electron chi connectivity index (χ4n) is 1.03. The van der Waals surface area contributed by atoms with Gasteiger partial charge in [0.05, 0.1) is 12.7 Å². The van der Waals surface area contributed by atoms with Crippen molar-refractivity contribution in [3.8, 4) is 0 Å². The Morgan fingerprint density at radius 1 is 1.60 bits per heavy atom. The van der Waals surface area contributed by atoms with Gasteiger partial charge in [-0.3, -0.25) is 0 Å². The summed E-state index contributed by atoms with van der Waals surface area (Å²) in [4.78, 5) is 10.8. The molecule has 0 aliphatic carbocycles. The fraction of sp³-hybridized carbons (Fsp3) is 0.571. The molecule has 0 fully saturated rings. The van der Waals surface area contributed by atoms with Crippen molar-refractivity contribution in [3.05, 3.63) is 11.3 Å². The van der Waals surface area contributed by atoms with E-state index in [1.807, 2.05) is 0 Å². The molecule has 1 aliphatic heterocycles. The van der Waals surface area contributed by atoms with E-state index in [4.69, 9.17) is 9.47 Å². The van der Waals surface area contributed by atoms with Gasteiger partial charge in [-0.2, -0.15) is 0 Å². The zero-order valence-electron chi connectivity index (χ0n) is 6.30. The lowest BCUT2D eigenvalue weighted by molar-refractivity contribution is -0.139. The highest BCUT2D eigenvalue weighted by Crippen LogP contribution is 2.21. The molecule has 1 heterocycles. The topological polar surface area (TPSA) is 35.5 Å². The Bertz CT molecular complexity index is 193. The quantitative estimate of drug-likeness (QED) is 0.509. The number of carbonyl (C=O) groups excluding carboxylic acids is 1. The van der Waals surface area contributed by atoms with Crippen molar-refractivity contribution in [1.82, 2.24) is 0 Å². The summed E-state index contributed by atoms with van der Waals surface area (Å²) >= 11 is 0. The summed E-state index contributed by atoms with van der Waals surface area (Å²) in [7, 11) is 1.54. The van der Waals surface area contributed by atoms with E-state index in [1.165, 1.54) is 7.11 Å². The number of esters is 1. The molecule has 0 radical (unpaired) electrons. The van der Waals surface area contributed by atoms with Gasteiger partial charge in [-0.15, -0.1) is 0 Å². The molecule has 3 heteroatoms. The van der Waals surface area contributed by atoms with Gasteiger partial charge in [0.2, 0.25) is 0 Å². The first-order valence-corrected chi connectivity index (χ1v) is 3.12. The molecule has 0 amide bonds. The molecule has 1 atom stereocenters. The molecule has 56 valence electrons. The molecule has 0 saturated heterocycles. The molecule has 1 unspecified atom stereocenters. The molecule has 0 bridgehead atoms. The van der Waals surface area contributed by atoms with Crippen molar-refractivity contribution in [1.29, 1.82) is 0 Å². The molecule has 0 spiro atoms. The Hall–Kier alpha value is -0.990. The third-order valence-corrected chi connectivity index (χ3v) is 1.55. The molecule has 1 rings (SSSR count). The van der Waals surface area contributed by atoms with Crippen LogP contribution in [0.5, 0.6) is 0 Å². The predicted molar refractivity (Wildman–Crippen MR) is 35.3 cm³/mol. The second-order valence-electron chi connectivity index (χ2n) is 2.24. The van der Waals surface area contributed by atoms with Gasteiger partial charge in [-0.25, -0.2) is 4.79 Å². The highest BCUT2D eigenvalue weighted by Gasteiger charge is 2.28. The maximum absolute atomic E-state index is 10.8. The van der Waals surface area contributed by atoms with Crippen molar-refractivity contribution in [2.75, 3.05) is 7.11 Å². The van der Waals surface area contributed by atoms with Crippen molar-refractivity contribution in [2.24, 2.45) is 0 Å². The minimum Gasteiger partial charge on any atom is -0.497 e. The lowest BCUT2D eigenvalue weighted by Gasteiger charge is -2.05. The van der Waals surface area contributed by atoms with Crippen LogP contribution in [0, 0.1) is 0 Å². The van der Waals surface area contributed by atoms with Gasteiger partial charge in [0, 0.05) is 0 Å². The number of rotatable bonds is 1. The maximum Gasteiger partial charge on any atom is 0.337 e. The van der Waals surface area contributed by atoms with Crippen LogP contribution in [0.2, 0.25) is 0 Å². The number of hydrogen-bond acceptors (Lipinski definition) is 3. The standard InChI is InChI=1S/C7H10O3/c1-4-6(9-3)5(2)10-7(4)8/h5H,1-3H3. The van der Waals surface area contributed by atoms with E-state index >= 15 is 0 Å². The summed E-state index contributed by atoms with van der Waals surface area (Å²) in [5, 5.41) is 0. The van der Waals surface area contributed by atoms with E-state index < -0.39 is 0 Å². The van der Waals surface area contributed by atoms with Crippen LogP contribution < -0.4 is 0 Å². The average molecular weight is 142 g/mol. The highest BCUT2D eigenvalue weighted by atomic mass is 16.6. The van der Waals surface area contributed by atoms with E-state index in [1.54, 1.807) is 13.8 Å². The first-order valence-electron chi connectivity index (χ1n) is 3.12. The van der Waals surface area contributed by atoms with Crippen molar-refractivity contribution < 1.29 is 14.3 Å². The van der Waals surface area contributed by atoms with E-state index in [2.05, 4.69) is 0 Å². The van der Waals surface area contributed by atoms with Crippen LogP contribution in [0.4, 0.5) is 0 Å². The molecule has 0 aromatic carbocycles. The molecule has 3 nitrogen and oxygen atoms in total. The van der Waals surface area contributed by atoms with Crippen LogP contribution in [-0.4, -0.2) is 19.2 Å². The van der Waals surface area contributed by atoms with Crippen LogP contribution >= 0.6 is 0 Å². The van der Waals surface area contributed by atoms with Crippen molar-refractivity contribution >= 4 is 5.97 Å². The third kappa shape index (κ3) is 0.875. The first-order chi connectivity index (χ1) is 4.66. The molecule has 10 heavy (non-hydrogen) atoms. The fourth-order valence-corrected chi connectivity index (χ4v) is 1.03. The molecule has 0 saturated carbocycles. The van der Waals surface area contributed by atoms with E-state index in [0.717, 1.165) is 0 Å². The summed E-state index contributed by atoms with van der Waals surface area (Å²) in [6.07, 6.45) is -0.211. The Balaban J connectivity index is 2.90. The van der Waals surface area contributed by atoms with Crippen molar-refractivity contribution in [2.45, 2.75) is 20.0 Å². The lowest BCUT2D eigenvalue weighted by Crippen LogP contribution is -2.06. The Morgan fingerprint density at radius 3 is 2.40 bits per heavy atom. The van der Waals surface area contributed by atoms with Gasteiger partial charge in [-0.1, -0.05) is 0 Å². The van der Waals surface area contributed by atoms with Crippen LogP contribution in [0.1, 0.15) is 13.8 Å². The first kappa shape index (κ1) is 7.12. The third-order valence-electron chi connectivity index (χ3n) is 1.55. The maximum atomic E-state index is 10.8. The lowest BCUT2D eigenvalue weighted by atomic mass is 10.2. The summed E-state index contributed by atoms with van der Waals surface area (Å²) in [5.41, 5.74) is 0.579. The van der Waals surface area contributed by atoms with Crippen LogP contribution in [0.3, 0.4) is 0 Å². The number of methoxy groups -OCH3 is 1. The van der Waals surface area contributed by atoms with E-state index in [9.17, 15) is 4.79 Å². The van der Waals surface area contributed by atoms with Gasteiger partial charge in [-0.05, 0) is 13.8 Å². The summed E-state index contributed by atoms with van der Waals surface area (Å²) in [5.74, 6) is 0.370. The van der Waals surface area contributed by atoms with Crippen LogP contribution in [0.25, 0.3) is 0 Å². The van der Waals surface area contributed by atoms with Crippen LogP contribution in [-0.2, 0) is 14.3 Å².